The number of guanidine groups is 14. The van der Waals surface area contributed by atoms with Gasteiger partial charge in [-0.3, -0.25) is 45.5 Å². The first-order valence-electron chi connectivity index (χ1n) is 41.6. The highest BCUT2D eigenvalue weighted by atomic mass is 15.5. The standard InChI is InChI=1S/2C14H21N5.2C13H19N5.2C12H17N5.C11H15N5/c1-11-16-13(15)18-14(17-11)19(2)10-6-9-12-7-4-3-5-8-12;1-11-17-13(15)19(2)14(18-11)16-10-6-9-12-7-4-3-5-8-12;1-10-15-12(14)17-13(16-10)18(2)9-8-11-6-4-3-5-7-11;1-10-16-12(14)18(2)13(17-10)15-9-8-11-6-4-3-5-7-11;1-9-14-11(13)16-12(15-9)17(2)8-10-6-4-3-5-7-10;1-9-15-11(13)17(2)12(16-9)14-8-10-6-4-3-5-7-10;1-8-13-10(12)16(2)11(14-8)15-9-6-4-3-5-7-9/h3-5,7-8,11H,6,9-10H2,1-2H3,(H3,15,16,17,18);3-5,7-8,11H,6,9-10H2,1-2H3,(H2,15,17)(H,16,18);3-7,10H,8-9H2,1-2H3,(H3,14,15,16,17);3-7,10H,8-9H2,1-2H3,(H2,14,16)(H,15,17);3-7,9H,8H2,1-2H3,(H3,13,14,15,16);3-7,9H,8H2,1-2H3,(H2,13,15)(H,14,16);3-8H,1-2H3,(H2,12,13)(H,14,15). The lowest BCUT2D eigenvalue weighted by molar-refractivity contribution is 0.469. The van der Waals surface area contributed by atoms with E-state index in [9.17, 15) is 0 Å². The van der Waals surface area contributed by atoms with E-state index in [2.05, 4.69) is 214 Å². The van der Waals surface area contributed by atoms with Gasteiger partial charge in [-0.2, -0.15) is 0 Å². The molecule has 0 fully saturated rings. The van der Waals surface area contributed by atoms with Gasteiger partial charge in [-0.15, -0.1) is 0 Å². The number of benzene rings is 7. The minimum Gasteiger partial charge on any atom is -0.370 e. The van der Waals surface area contributed by atoms with E-state index in [1.807, 2.05) is 218 Å². The topological polar surface area (TPSA) is 462 Å². The van der Waals surface area contributed by atoms with Crippen LogP contribution in [0.2, 0.25) is 0 Å². The zero-order valence-corrected chi connectivity index (χ0v) is 74.2. The molecule has 21 N–H and O–H groups in total. The van der Waals surface area contributed by atoms with Crippen LogP contribution in [0.4, 0.5) is 5.69 Å². The molecule has 7 atom stereocenters. The number of nitrogens with one attached hydrogen (secondary N) is 7. The van der Waals surface area contributed by atoms with Crippen molar-refractivity contribution in [2.75, 3.05) is 80.8 Å². The molecule has 0 aliphatic carbocycles. The van der Waals surface area contributed by atoms with Crippen molar-refractivity contribution in [1.29, 1.82) is 0 Å². The number of rotatable bonds is 19. The Kier molecular flexibility index (Phi) is 38.4. The lowest BCUT2D eigenvalue weighted by Gasteiger charge is -2.28. The number of para-hydroxylation sites is 1. The smallest absolute Gasteiger partial charge is 0.207 e. The van der Waals surface area contributed by atoms with Crippen molar-refractivity contribution in [2.45, 2.75) is 143 Å². The van der Waals surface area contributed by atoms with Gasteiger partial charge in [-0.25, -0.2) is 59.9 Å². The second kappa shape index (κ2) is 50.1. The number of nitrogens with two attached hydrogens (primary N) is 7. The first-order valence-corrected chi connectivity index (χ1v) is 41.6. The highest BCUT2D eigenvalue weighted by Gasteiger charge is 2.24. The maximum absolute atomic E-state index is 5.81. The van der Waals surface area contributed by atoms with E-state index in [0.717, 1.165) is 113 Å². The molecule has 0 radical (unpaired) electrons. The predicted molar refractivity (Wildman–Crippen MR) is 512 cm³/mol. The molecule has 7 aromatic carbocycles. The molecule has 35 heteroatoms. The van der Waals surface area contributed by atoms with Crippen LogP contribution >= 0.6 is 0 Å². The molecule has 0 amide bonds. The highest BCUT2D eigenvalue weighted by molar-refractivity contribution is 6.06. The van der Waals surface area contributed by atoms with Crippen molar-refractivity contribution < 1.29 is 0 Å². The molecule has 7 aliphatic heterocycles. The minimum atomic E-state index is -0.137. The summed E-state index contributed by atoms with van der Waals surface area (Å²) in [5, 5.41) is 21.7. The van der Waals surface area contributed by atoms with Crippen LogP contribution in [0.1, 0.15) is 94.7 Å². The van der Waals surface area contributed by atoms with Crippen LogP contribution in [0.15, 0.2) is 282 Å². The minimum absolute atomic E-state index is 0.0101. The number of hydrogen-bond donors (Lipinski definition) is 14. The van der Waals surface area contributed by atoms with Crippen molar-refractivity contribution >= 4 is 89.1 Å². The summed E-state index contributed by atoms with van der Waals surface area (Å²) in [7, 11) is 13.4. The summed E-state index contributed by atoms with van der Waals surface area (Å²) in [6.07, 6.45) is 5.58. The normalized spacial score (nSPS) is 20.2. The molecule has 7 aromatic rings. The van der Waals surface area contributed by atoms with E-state index in [4.69, 9.17) is 40.1 Å². The Balaban J connectivity index is 0.000000180. The Morgan fingerprint density at radius 1 is 0.323 bits per heavy atom. The SMILES string of the molecule is CC1N=C(N)N(C)C(=NCCCc2ccccc2)N1.CC1N=C(N)N(C)C(=NCCc2ccccc2)N1.CC1N=C(N)N(C)C(=NCc2ccccc2)N1.CC1N=C(N)N(C)C(Nc2ccccc2)=N1.CC1N=C(N)NC(N(C)CCCc2ccccc2)=N1.CC1N=C(N)NC(N(C)CCc2ccccc2)=N1.CC1N=C(N)NC(N(C)Cc2ccccc2)=N1. The maximum atomic E-state index is 5.81. The van der Waals surface area contributed by atoms with Crippen molar-refractivity contribution in [3.63, 3.8) is 0 Å². The van der Waals surface area contributed by atoms with Gasteiger partial charge in [0.25, 0.3) is 0 Å². The van der Waals surface area contributed by atoms with Crippen molar-refractivity contribution in [3.05, 3.63) is 246 Å². The molecule has 0 aromatic heterocycles. The molecule has 0 spiro atoms. The first-order chi connectivity index (χ1) is 59.6. The molecule has 35 nitrogen and oxygen atoms in total. The summed E-state index contributed by atoms with van der Waals surface area (Å²) in [6.45, 7) is 18.2. The van der Waals surface area contributed by atoms with E-state index in [1.165, 1.54) is 33.4 Å². The fourth-order valence-electron chi connectivity index (χ4n) is 12.4. The van der Waals surface area contributed by atoms with E-state index < -0.39 is 0 Å². The summed E-state index contributed by atoms with van der Waals surface area (Å²) >= 11 is 0. The summed E-state index contributed by atoms with van der Waals surface area (Å²) in [4.78, 5) is 73.5. The average Bonchev–Trinajstić information content (AvgIpc) is 0.849. The van der Waals surface area contributed by atoms with E-state index in [1.54, 1.807) is 19.6 Å². The van der Waals surface area contributed by atoms with Gasteiger partial charge in [0.2, 0.25) is 41.7 Å². The Morgan fingerprint density at radius 2 is 0.645 bits per heavy atom. The van der Waals surface area contributed by atoms with Crippen molar-refractivity contribution in [1.82, 2.24) is 66.2 Å². The first kappa shape index (κ1) is 95.2. The predicted octanol–water partition coefficient (Wildman–Crippen LogP) is 6.44. The third kappa shape index (κ3) is 33.7. The van der Waals surface area contributed by atoms with Crippen molar-refractivity contribution in [2.24, 2.45) is 110 Å². The fraction of sp³-hybridized carbons (Fsp3) is 0.371. The summed E-state index contributed by atoms with van der Waals surface area (Å²) < 4.78 is 0. The lowest BCUT2D eigenvalue weighted by Crippen LogP contribution is -2.53. The van der Waals surface area contributed by atoms with Crippen LogP contribution in [0, 0.1) is 0 Å². The highest BCUT2D eigenvalue weighted by Crippen LogP contribution is 2.14. The van der Waals surface area contributed by atoms with Gasteiger partial charge < -0.3 is 76.1 Å². The van der Waals surface area contributed by atoms with Crippen LogP contribution in [0.5, 0.6) is 0 Å². The Morgan fingerprint density at radius 3 is 1.06 bits per heavy atom. The van der Waals surface area contributed by atoms with Gasteiger partial charge in [-0.1, -0.05) is 200 Å². The van der Waals surface area contributed by atoms with Gasteiger partial charge in [0, 0.05) is 87.7 Å². The molecular weight excluding hydrogens is 1560 g/mol. The number of aryl methyl sites for hydroxylation is 2. The number of nitrogens with zero attached hydrogens (tertiary/aromatic N) is 21. The molecule has 124 heavy (non-hydrogen) atoms. The molecule has 0 bridgehead atoms. The number of likely N-dealkylation sites (N-methyl/N-ethyl adjacent to an activating group) is 1. The Hall–Kier alpha value is -14.3. The number of hydrogen-bond acceptors (Lipinski definition) is 29. The Labute approximate surface area is 731 Å². The van der Waals surface area contributed by atoms with Gasteiger partial charge in [0.15, 0.2) is 41.7 Å². The Bertz CT molecular complexity index is 4840. The molecule has 14 rings (SSSR count). The largest absolute Gasteiger partial charge is 0.370 e. The maximum Gasteiger partial charge on any atom is 0.207 e. The molecule has 0 saturated carbocycles. The average molecular weight is 1690 g/mol. The van der Waals surface area contributed by atoms with Crippen LogP contribution < -0.4 is 77.4 Å². The molecule has 7 heterocycles. The zero-order valence-electron chi connectivity index (χ0n) is 74.2. The van der Waals surface area contributed by atoms with Crippen LogP contribution in [0.3, 0.4) is 0 Å². The van der Waals surface area contributed by atoms with Gasteiger partial charge in [0.1, 0.15) is 43.2 Å². The third-order valence-electron chi connectivity index (χ3n) is 19.1. The fourth-order valence-corrected chi connectivity index (χ4v) is 12.4. The quantitative estimate of drug-likeness (QED) is 0.0387. The van der Waals surface area contributed by atoms with Gasteiger partial charge in [-0.05, 0) is 133 Å². The summed E-state index contributed by atoms with van der Waals surface area (Å²) in [6, 6.07) is 71.8. The number of anilines is 1. The number of aliphatic imine (C=N–C) groups is 14. The van der Waals surface area contributed by atoms with Gasteiger partial charge in [0.05, 0.1) is 6.54 Å². The van der Waals surface area contributed by atoms with E-state index >= 15 is 0 Å². The second-order valence-electron chi connectivity index (χ2n) is 29.8. The summed E-state index contributed by atoms with van der Waals surface area (Å²) in [5.74, 6) is 8.65. The molecular formula is C89H129N35. The van der Waals surface area contributed by atoms with Crippen molar-refractivity contribution in [3.8, 4) is 0 Å². The van der Waals surface area contributed by atoms with E-state index in [0.29, 0.717) is 54.2 Å². The van der Waals surface area contributed by atoms with E-state index in [-0.39, 0.29) is 43.2 Å². The van der Waals surface area contributed by atoms with Crippen LogP contribution in [-0.2, 0) is 38.8 Å². The molecule has 660 valence electrons. The molecule has 0 saturated heterocycles. The molecule has 7 unspecified atom stereocenters. The second-order valence-corrected chi connectivity index (χ2v) is 29.8. The lowest BCUT2D eigenvalue weighted by atomic mass is 10.1. The van der Waals surface area contributed by atoms with Crippen LogP contribution in [0.25, 0.3) is 0 Å². The van der Waals surface area contributed by atoms with Gasteiger partial charge >= 0.3 is 0 Å². The zero-order chi connectivity index (χ0) is 89.3. The van der Waals surface area contributed by atoms with Crippen LogP contribution in [-0.4, -0.2) is 236 Å². The third-order valence-corrected chi connectivity index (χ3v) is 19.1. The monoisotopic (exact) mass is 1690 g/mol. The molecule has 7 aliphatic rings. The summed E-state index contributed by atoms with van der Waals surface area (Å²) in [5.41, 5.74) is 48.9.